The molecular formula is C16H23NO3. The number of benzene rings is 1. The number of carbonyl (C=O) groups is 2. The highest BCUT2D eigenvalue weighted by Crippen LogP contribution is 2.21. The average molecular weight is 277 g/mol. The number of hydrogen-bond acceptors (Lipinski definition) is 2. The van der Waals surface area contributed by atoms with E-state index in [2.05, 4.69) is 31.3 Å². The van der Waals surface area contributed by atoms with Gasteiger partial charge in [-0.3, -0.25) is 9.59 Å². The fraction of sp³-hybridized carbons (Fsp3) is 0.500. The summed E-state index contributed by atoms with van der Waals surface area (Å²) in [7, 11) is 0. The van der Waals surface area contributed by atoms with Gasteiger partial charge in [0, 0.05) is 6.42 Å². The predicted molar refractivity (Wildman–Crippen MR) is 78.6 cm³/mol. The van der Waals surface area contributed by atoms with Crippen LogP contribution in [0.4, 0.5) is 0 Å². The summed E-state index contributed by atoms with van der Waals surface area (Å²) in [5.41, 5.74) is 2.32. The molecule has 1 aromatic carbocycles. The highest BCUT2D eigenvalue weighted by molar-refractivity contribution is 5.80. The van der Waals surface area contributed by atoms with Crippen molar-refractivity contribution in [2.75, 3.05) is 0 Å². The molecule has 1 amide bonds. The Balaban J connectivity index is 2.57. The van der Waals surface area contributed by atoms with Crippen molar-refractivity contribution in [3.8, 4) is 0 Å². The van der Waals surface area contributed by atoms with Crippen molar-refractivity contribution >= 4 is 11.9 Å². The second kappa shape index (κ2) is 7.68. The quantitative estimate of drug-likeness (QED) is 0.804. The van der Waals surface area contributed by atoms with Crippen LogP contribution < -0.4 is 5.32 Å². The summed E-state index contributed by atoms with van der Waals surface area (Å²) < 4.78 is 0. The molecule has 1 rings (SSSR count). The lowest BCUT2D eigenvalue weighted by molar-refractivity contribution is -0.138. The van der Waals surface area contributed by atoms with Crippen LogP contribution in [0.1, 0.15) is 63.1 Å². The fourth-order valence-corrected chi connectivity index (χ4v) is 1.97. The van der Waals surface area contributed by atoms with E-state index in [-0.39, 0.29) is 24.8 Å². The Morgan fingerprint density at radius 2 is 1.65 bits per heavy atom. The van der Waals surface area contributed by atoms with Crippen molar-refractivity contribution in [2.24, 2.45) is 0 Å². The summed E-state index contributed by atoms with van der Waals surface area (Å²) in [6, 6.07) is 8.10. The number of nitrogens with one attached hydrogen (secondary N) is 1. The van der Waals surface area contributed by atoms with Gasteiger partial charge in [-0.1, -0.05) is 38.1 Å². The van der Waals surface area contributed by atoms with Crippen LogP contribution in [-0.2, 0) is 9.59 Å². The zero-order valence-electron chi connectivity index (χ0n) is 12.3. The smallest absolute Gasteiger partial charge is 0.303 e. The summed E-state index contributed by atoms with van der Waals surface area (Å²) in [5.74, 6) is -0.652. The molecule has 0 unspecified atom stereocenters. The van der Waals surface area contributed by atoms with Gasteiger partial charge in [0.2, 0.25) is 5.91 Å². The van der Waals surface area contributed by atoms with Gasteiger partial charge in [-0.2, -0.15) is 0 Å². The molecule has 0 aliphatic carbocycles. The molecular weight excluding hydrogens is 254 g/mol. The number of amides is 1. The van der Waals surface area contributed by atoms with Crippen molar-refractivity contribution in [3.63, 3.8) is 0 Å². The molecule has 0 spiro atoms. The van der Waals surface area contributed by atoms with Crippen LogP contribution in [0, 0.1) is 0 Å². The Bertz CT molecular complexity index is 453. The van der Waals surface area contributed by atoms with E-state index >= 15 is 0 Å². The zero-order chi connectivity index (χ0) is 15.1. The van der Waals surface area contributed by atoms with Gasteiger partial charge in [0.15, 0.2) is 0 Å². The maximum atomic E-state index is 11.6. The Kier molecular flexibility index (Phi) is 6.22. The van der Waals surface area contributed by atoms with Crippen molar-refractivity contribution in [2.45, 2.75) is 52.0 Å². The third-order valence-electron chi connectivity index (χ3n) is 3.56. The molecule has 0 aromatic heterocycles. The topological polar surface area (TPSA) is 66.4 Å². The molecule has 1 aromatic rings. The standard InChI is InChI=1S/C16H23NO3/c1-4-11(2)13-5-7-14(8-6-13)12(3)17-15(18)9-10-16(19)20/h5-8,11-12H,4,9-10H2,1-3H3,(H,17,18)(H,19,20)/t11-,12-/m1/s1. The van der Waals surface area contributed by atoms with Gasteiger partial charge in [0.25, 0.3) is 0 Å². The summed E-state index contributed by atoms with van der Waals surface area (Å²) in [4.78, 5) is 22.0. The fourth-order valence-electron chi connectivity index (χ4n) is 1.97. The first-order chi connectivity index (χ1) is 9.43. The van der Waals surface area contributed by atoms with Gasteiger partial charge in [-0.25, -0.2) is 0 Å². The van der Waals surface area contributed by atoms with E-state index < -0.39 is 5.97 Å². The Hall–Kier alpha value is -1.84. The van der Waals surface area contributed by atoms with Crippen molar-refractivity contribution in [1.82, 2.24) is 5.32 Å². The minimum absolute atomic E-state index is 0.0185. The van der Waals surface area contributed by atoms with E-state index in [1.807, 2.05) is 19.1 Å². The Morgan fingerprint density at radius 3 is 2.15 bits per heavy atom. The maximum Gasteiger partial charge on any atom is 0.303 e. The van der Waals surface area contributed by atoms with Crippen molar-refractivity contribution in [3.05, 3.63) is 35.4 Å². The number of carbonyl (C=O) groups excluding carboxylic acids is 1. The van der Waals surface area contributed by atoms with Crippen LogP contribution in [0.25, 0.3) is 0 Å². The summed E-state index contributed by atoms with van der Waals surface area (Å²) in [6.45, 7) is 6.24. The second-order valence-corrected chi connectivity index (χ2v) is 5.16. The van der Waals surface area contributed by atoms with Gasteiger partial charge in [0.1, 0.15) is 0 Å². The first-order valence-electron chi connectivity index (χ1n) is 7.05. The van der Waals surface area contributed by atoms with Gasteiger partial charge in [0.05, 0.1) is 12.5 Å². The lowest BCUT2D eigenvalue weighted by atomic mass is 9.96. The molecule has 0 fully saturated rings. The molecule has 2 N–H and O–H groups in total. The summed E-state index contributed by atoms with van der Waals surface area (Å²) >= 11 is 0. The van der Waals surface area contributed by atoms with Crippen molar-refractivity contribution < 1.29 is 14.7 Å². The number of carboxylic acid groups (broad SMARTS) is 1. The number of rotatable bonds is 7. The summed E-state index contributed by atoms with van der Waals surface area (Å²) in [6.07, 6.45) is 0.983. The monoisotopic (exact) mass is 277 g/mol. The van der Waals surface area contributed by atoms with Crippen LogP contribution in [0.2, 0.25) is 0 Å². The van der Waals surface area contributed by atoms with Crippen LogP contribution in [-0.4, -0.2) is 17.0 Å². The molecule has 0 saturated heterocycles. The van der Waals surface area contributed by atoms with Crippen molar-refractivity contribution in [1.29, 1.82) is 0 Å². The Morgan fingerprint density at radius 1 is 1.10 bits per heavy atom. The highest BCUT2D eigenvalue weighted by atomic mass is 16.4. The molecule has 0 aliphatic heterocycles. The molecule has 0 heterocycles. The number of hydrogen-bond donors (Lipinski definition) is 2. The van der Waals surface area contributed by atoms with E-state index in [1.54, 1.807) is 0 Å². The molecule has 110 valence electrons. The maximum absolute atomic E-state index is 11.6. The summed E-state index contributed by atoms with van der Waals surface area (Å²) in [5, 5.41) is 11.4. The normalized spacial score (nSPS) is 13.6. The third kappa shape index (κ3) is 5.03. The van der Waals surface area contributed by atoms with Gasteiger partial charge < -0.3 is 10.4 Å². The number of aliphatic carboxylic acids is 1. The first-order valence-corrected chi connectivity index (χ1v) is 7.05. The van der Waals surface area contributed by atoms with Gasteiger partial charge in [-0.05, 0) is 30.4 Å². The predicted octanol–water partition coefficient (Wildman–Crippen LogP) is 3.24. The first kappa shape index (κ1) is 16.2. The minimum atomic E-state index is -0.953. The number of carboxylic acids is 1. The van der Waals surface area contributed by atoms with Crippen LogP contribution in [0.5, 0.6) is 0 Å². The molecule has 4 heteroatoms. The van der Waals surface area contributed by atoms with Crippen LogP contribution in [0.3, 0.4) is 0 Å². The van der Waals surface area contributed by atoms with Gasteiger partial charge >= 0.3 is 5.97 Å². The van der Waals surface area contributed by atoms with E-state index in [1.165, 1.54) is 5.56 Å². The van der Waals surface area contributed by atoms with E-state index in [0.29, 0.717) is 5.92 Å². The van der Waals surface area contributed by atoms with Crippen LogP contribution >= 0.6 is 0 Å². The zero-order valence-corrected chi connectivity index (χ0v) is 12.3. The minimum Gasteiger partial charge on any atom is -0.481 e. The third-order valence-corrected chi connectivity index (χ3v) is 3.56. The van der Waals surface area contributed by atoms with Crippen LogP contribution in [0.15, 0.2) is 24.3 Å². The molecule has 4 nitrogen and oxygen atoms in total. The largest absolute Gasteiger partial charge is 0.481 e. The molecule has 0 radical (unpaired) electrons. The average Bonchev–Trinajstić information content (AvgIpc) is 2.44. The van der Waals surface area contributed by atoms with Gasteiger partial charge in [-0.15, -0.1) is 0 Å². The second-order valence-electron chi connectivity index (χ2n) is 5.16. The molecule has 0 bridgehead atoms. The Labute approximate surface area is 120 Å². The van der Waals surface area contributed by atoms with E-state index in [4.69, 9.17) is 5.11 Å². The molecule has 2 atom stereocenters. The lowest BCUT2D eigenvalue weighted by Crippen LogP contribution is -2.26. The van der Waals surface area contributed by atoms with E-state index in [9.17, 15) is 9.59 Å². The van der Waals surface area contributed by atoms with E-state index in [0.717, 1.165) is 12.0 Å². The molecule has 20 heavy (non-hydrogen) atoms. The highest BCUT2D eigenvalue weighted by Gasteiger charge is 2.11. The lowest BCUT2D eigenvalue weighted by Gasteiger charge is -2.16. The SMILES string of the molecule is CC[C@@H](C)c1ccc([C@@H](C)NC(=O)CCC(=O)O)cc1. The molecule has 0 aliphatic rings. The molecule has 0 saturated carbocycles.